The van der Waals surface area contributed by atoms with Gasteiger partial charge >= 0.3 is 0 Å². The molecule has 16 heavy (non-hydrogen) atoms. The minimum absolute atomic E-state index is 0.00958. The van der Waals surface area contributed by atoms with Crippen molar-refractivity contribution in [3.63, 3.8) is 0 Å². The highest BCUT2D eigenvalue weighted by molar-refractivity contribution is 5.88. The maximum atomic E-state index is 11.9. The van der Waals surface area contributed by atoms with Crippen LogP contribution in [0.3, 0.4) is 0 Å². The molecular weight excluding hydrogens is 206 g/mol. The number of nitrogens with zero attached hydrogens (tertiary/aromatic N) is 2. The van der Waals surface area contributed by atoms with E-state index in [4.69, 9.17) is 0 Å². The van der Waals surface area contributed by atoms with Gasteiger partial charge in [-0.25, -0.2) is 0 Å². The summed E-state index contributed by atoms with van der Waals surface area (Å²) in [6, 6.07) is -0.269. The van der Waals surface area contributed by atoms with Gasteiger partial charge in [0.1, 0.15) is 6.04 Å². The number of amides is 2. The van der Waals surface area contributed by atoms with Crippen LogP contribution >= 0.6 is 0 Å². The van der Waals surface area contributed by atoms with Crippen LogP contribution in [0, 0.1) is 0 Å². The third-order valence-electron chi connectivity index (χ3n) is 3.19. The number of rotatable bonds is 5. The molecule has 0 aliphatic carbocycles. The first kappa shape index (κ1) is 11.4. The lowest BCUT2D eigenvalue weighted by Gasteiger charge is -2.25. The van der Waals surface area contributed by atoms with Gasteiger partial charge in [0.25, 0.3) is 0 Å². The molecule has 2 aliphatic rings. The van der Waals surface area contributed by atoms with E-state index in [0.717, 1.165) is 26.1 Å². The summed E-state index contributed by atoms with van der Waals surface area (Å²) in [6.45, 7) is 5.44. The van der Waals surface area contributed by atoms with Crippen LogP contribution in [-0.4, -0.2) is 54.0 Å². The first-order chi connectivity index (χ1) is 7.72. The average molecular weight is 225 g/mol. The Morgan fingerprint density at radius 2 is 2.19 bits per heavy atom. The first-order valence-corrected chi connectivity index (χ1v) is 6.02. The fourth-order valence-corrected chi connectivity index (χ4v) is 2.08. The third-order valence-corrected chi connectivity index (χ3v) is 3.19. The summed E-state index contributed by atoms with van der Waals surface area (Å²) in [7, 11) is 0. The maximum Gasteiger partial charge on any atom is 0.243 e. The largest absolute Gasteiger partial charge is 0.342 e. The van der Waals surface area contributed by atoms with Crippen molar-refractivity contribution >= 4 is 11.8 Å². The minimum atomic E-state index is -0.269. The molecule has 0 unspecified atom stereocenters. The van der Waals surface area contributed by atoms with E-state index in [-0.39, 0.29) is 17.9 Å². The zero-order chi connectivity index (χ0) is 11.5. The molecule has 2 saturated heterocycles. The molecule has 0 spiro atoms. The van der Waals surface area contributed by atoms with Crippen LogP contribution in [0.4, 0.5) is 0 Å². The Balaban J connectivity index is 1.86. The van der Waals surface area contributed by atoms with Gasteiger partial charge in [0.2, 0.25) is 11.8 Å². The molecule has 5 heteroatoms. The predicted octanol–water partition coefficient (Wildman–Crippen LogP) is -0.223. The number of likely N-dealkylation sites (tertiary alicyclic amines) is 1. The first-order valence-electron chi connectivity index (χ1n) is 6.02. The lowest BCUT2D eigenvalue weighted by Crippen LogP contribution is -2.48. The lowest BCUT2D eigenvalue weighted by atomic mass is 10.2. The molecule has 2 heterocycles. The SMILES string of the molecule is CC[C@@H](C(=O)NCN1CC1)N1CCCC1=O. The quantitative estimate of drug-likeness (QED) is 0.658. The van der Waals surface area contributed by atoms with Gasteiger partial charge in [-0.05, 0) is 12.8 Å². The van der Waals surface area contributed by atoms with Gasteiger partial charge in [-0.1, -0.05) is 6.92 Å². The molecule has 0 aromatic heterocycles. The number of hydrogen-bond donors (Lipinski definition) is 1. The van der Waals surface area contributed by atoms with Crippen molar-refractivity contribution in [2.75, 3.05) is 26.3 Å². The zero-order valence-corrected chi connectivity index (χ0v) is 9.74. The molecule has 1 N–H and O–H groups in total. The minimum Gasteiger partial charge on any atom is -0.342 e. The number of carbonyl (C=O) groups excluding carboxylic acids is 2. The standard InChI is InChI=1S/C11H19N3O2/c1-2-9(14-5-3-4-10(14)15)11(16)12-8-13-6-7-13/h9H,2-8H2,1H3,(H,12,16)/t9-/m0/s1. The number of carbonyl (C=O) groups is 2. The van der Waals surface area contributed by atoms with Crippen LogP contribution in [0.2, 0.25) is 0 Å². The molecule has 0 aromatic rings. The third kappa shape index (κ3) is 2.52. The molecule has 90 valence electrons. The van der Waals surface area contributed by atoms with Gasteiger partial charge in [0, 0.05) is 26.1 Å². The molecule has 1 atom stereocenters. The number of nitrogens with one attached hydrogen (secondary N) is 1. The molecule has 0 radical (unpaired) electrons. The van der Waals surface area contributed by atoms with Gasteiger partial charge in [-0.15, -0.1) is 0 Å². The van der Waals surface area contributed by atoms with Crippen molar-refractivity contribution < 1.29 is 9.59 Å². The monoisotopic (exact) mass is 225 g/mol. The molecule has 2 rings (SSSR count). The van der Waals surface area contributed by atoms with E-state index in [9.17, 15) is 9.59 Å². The van der Waals surface area contributed by atoms with E-state index in [0.29, 0.717) is 19.5 Å². The van der Waals surface area contributed by atoms with Gasteiger partial charge in [0.15, 0.2) is 0 Å². The molecule has 2 amide bonds. The number of hydrogen-bond acceptors (Lipinski definition) is 3. The average Bonchev–Trinajstić information content (AvgIpc) is 3.01. The van der Waals surface area contributed by atoms with E-state index in [1.165, 1.54) is 0 Å². The molecule has 2 fully saturated rings. The van der Waals surface area contributed by atoms with Crippen molar-refractivity contribution in [1.82, 2.24) is 15.1 Å². The second-order valence-corrected chi connectivity index (χ2v) is 4.43. The second kappa shape index (κ2) is 4.82. The van der Waals surface area contributed by atoms with Crippen LogP contribution in [0.15, 0.2) is 0 Å². The molecule has 0 aromatic carbocycles. The van der Waals surface area contributed by atoms with Gasteiger partial charge in [-0.2, -0.15) is 0 Å². The van der Waals surface area contributed by atoms with Crippen LogP contribution in [-0.2, 0) is 9.59 Å². The smallest absolute Gasteiger partial charge is 0.243 e. The fraction of sp³-hybridized carbons (Fsp3) is 0.818. The normalized spacial score (nSPS) is 22.3. The Kier molecular flexibility index (Phi) is 3.43. The maximum absolute atomic E-state index is 11.9. The van der Waals surface area contributed by atoms with Gasteiger partial charge in [0.05, 0.1) is 6.67 Å². The summed E-state index contributed by atoms with van der Waals surface area (Å²) < 4.78 is 0. The summed E-state index contributed by atoms with van der Waals surface area (Å²) in [4.78, 5) is 27.3. The Hall–Kier alpha value is -1.10. The Bertz CT molecular complexity index is 289. The van der Waals surface area contributed by atoms with E-state index in [2.05, 4.69) is 10.2 Å². The van der Waals surface area contributed by atoms with E-state index >= 15 is 0 Å². The van der Waals surface area contributed by atoms with Gasteiger partial charge in [-0.3, -0.25) is 14.5 Å². The Labute approximate surface area is 95.8 Å². The summed E-state index contributed by atoms with van der Waals surface area (Å²) >= 11 is 0. The van der Waals surface area contributed by atoms with E-state index in [1.807, 2.05) is 6.92 Å². The molecule has 0 bridgehead atoms. The Morgan fingerprint density at radius 1 is 1.44 bits per heavy atom. The molecular formula is C11H19N3O2. The fourth-order valence-electron chi connectivity index (χ4n) is 2.08. The van der Waals surface area contributed by atoms with Crippen LogP contribution in [0.25, 0.3) is 0 Å². The Morgan fingerprint density at radius 3 is 2.69 bits per heavy atom. The summed E-state index contributed by atoms with van der Waals surface area (Å²) in [5.74, 6) is 0.110. The molecule has 5 nitrogen and oxygen atoms in total. The van der Waals surface area contributed by atoms with Crippen LogP contribution in [0.1, 0.15) is 26.2 Å². The summed E-state index contributed by atoms with van der Waals surface area (Å²) in [6.07, 6.45) is 2.17. The molecule has 2 aliphatic heterocycles. The van der Waals surface area contributed by atoms with Crippen molar-refractivity contribution in [3.05, 3.63) is 0 Å². The van der Waals surface area contributed by atoms with Crippen LogP contribution < -0.4 is 5.32 Å². The lowest BCUT2D eigenvalue weighted by molar-refractivity contribution is -0.137. The summed E-state index contributed by atoms with van der Waals surface area (Å²) in [5.41, 5.74) is 0. The topological polar surface area (TPSA) is 52.4 Å². The summed E-state index contributed by atoms with van der Waals surface area (Å²) in [5, 5.41) is 2.89. The van der Waals surface area contributed by atoms with E-state index in [1.54, 1.807) is 4.90 Å². The van der Waals surface area contributed by atoms with Crippen molar-refractivity contribution in [1.29, 1.82) is 0 Å². The highest BCUT2D eigenvalue weighted by atomic mass is 16.2. The van der Waals surface area contributed by atoms with Crippen molar-refractivity contribution in [3.8, 4) is 0 Å². The van der Waals surface area contributed by atoms with Gasteiger partial charge < -0.3 is 10.2 Å². The second-order valence-electron chi connectivity index (χ2n) is 4.43. The highest BCUT2D eigenvalue weighted by Gasteiger charge is 2.31. The van der Waals surface area contributed by atoms with Crippen molar-refractivity contribution in [2.24, 2.45) is 0 Å². The van der Waals surface area contributed by atoms with Crippen molar-refractivity contribution in [2.45, 2.75) is 32.2 Å². The molecule has 0 saturated carbocycles. The van der Waals surface area contributed by atoms with E-state index < -0.39 is 0 Å². The zero-order valence-electron chi connectivity index (χ0n) is 9.74. The highest BCUT2D eigenvalue weighted by Crippen LogP contribution is 2.16. The van der Waals surface area contributed by atoms with Crippen LogP contribution in [0.5, 0.6) is 0 Å². The predicted molar refractivity (Wildman–Crippen MR) is 59.6 cm³/mol.